The Hall–Kier alpha value is -2.20. The highest BCUT2D eigenvalue weighted by molar-refractivity contribution is 7.71. The molecule has 1 heterocycles. The zero-order valence-corrected chi connectivity index (χ0v) is 11.9. The van der Waals surface area contributed by atoms with Gasteiger partial charge in [0.05, 0.1) is 17.6 Å². The summed E-state index contributed by atoms with van der Waals surface area (Å²) in [6.45, 7) is 0.268. The van der Waals surface area contributed by atoms with Crippen molar-refractivity contribution in [3.05, 3.63) is 64.9 Å². The molecule has 3 rings (SSSR count). The van der Waals surface area contributed by atoms with Gasteiger partial charge in [0, 0.05) is 12.6 Å². The van der Waals surface area contributed by atoms with Crippen LogP contribution in [0.3, 0.4) is 0 Å². The van der Waals surface area contributed by atoms with E-state index in [4.69, 9.17) is 12.2 Å². The maximum Gasteiger partial charge on any atom is 0.182 e. The van der Waals surface area contributed by atoms with Gasteiger partial charge in [0.1, 0.15) is 0 Å². The van der Waals surface area contributed by atoms with Gasteiger partial charge in [-0.2, -0.15) is 0 Å². The van der Waals surface area contributed by atoms with E-state index in [2.05, 4.69) is 0 Å². The van der Waals surface area contributed by atoms with Crippen molar-refractivity contribution in [2.75, 3.05) is 0 Å². The number of fused-ring (bicyclic) bond motifs is 1. The van der Waals surface area contributed by atoms with Gasteiger partial charge in [-0.1, -0.05) is 42.5 Å². The molecule has 4 heteroatoms. The largest absolute Gasteiger partial charge is 0.320 e. The molecule has 0 bridgehead atoms. The van der Waals surface area contributed by atoms with Crippen LogP contribution in [0, 0.1) is 4.77 Å². The van der Waals surface area contributed by atoms with Gasteiger partial charge >= 0.3 is 0 Å². The quantitative estimate of drug-likeness (QED) is 0.542. The Morgan fingerprint density at radius 1 is 1.00 bits per heavy atom. The Morgan fingerprint density at radius 3 is 2.30 bits per heavy atom. The first kappa shape index (κ1) is 12.8. The number of rotatable bonds is 3. The zero-order valence-electron chi connectivity index (χ0n) is 11.1. The van der Waals surface area contributed by atoms with Crippen LogP contribution in [0.1, 0.15) is 10.4 Å². The van der Waals surface area contributed by atoms with Crippen molar-refractivity contribution in [2.24, 2.45) is 7.05 Å². The van der Waals surface area contributed by atoms with Crippen LogP contribution < -0.4 is 0 Å². The van der Waals surface area contributed by atoms with Gasteiger partial charge in [-0.15, -0.1) is 0 Å². The molecule has 100 valence electrons. The SMILES string of the molecule is Cn1c(=S)n(CC(=O)c2ccccc2)c2ccccc21. The highest BCUT2D eigenvalue weighted by atomic mass is 32.1. The molecule has 0 unspecified atom stereocenters. The van der Waals surface area contributed by atoms with Crippen molar-refractivity contribution in [3.8, 4) is 0 Å². The fraction of sp³-hybridized carbons (Fsp3) is 0.125. The van der Waals surface area contributed by atoms with E-state index in [0.29, 0.717) is 10.3 Å². The van der Waals surface area contributed by atoms with Crippen LogP contribution in [0.5, 0.6) is 0 Å². The number of hydrogen-bond acceptors (Lipinski definition) is 2. The molecular formula is C16H14N2OS. The van der Waals surface area contributed by atoms with Crippen LogP contribution >= 0.6 is 12.2 Å². The van der Waals surface area contributed by atoms with Gasteiger partial charge in [0.25, 0.3) is 0 Å². The number of carbonyl (C=O) groups is 1. The Balaban J connectivity index is 2.06. The van der Waals surface area contributed by atoms with Crippen LogP contribution in [-0.4, -0.2) is 14.9 Å². The average molecular weight is 282 g/mol. The molecule has 1 aromatic heterocycles. The summed E-state index contributed by atoms with van der Waals surface area (Å²) in [5.74, 6) is 0.0676. The lowest BCUT2D eigenvalue weighted by Gasteiger charge is -2.04. The Kier molecular flexibility index (Phi) is 3.24. The summed E-state index contributed by atoms with van der Waals surface area (Å²) < 4.78 is 4.48. The van der Waals surface area contributed by atoms with Gasteiger partial charge < -0.3 is 9.13 Å². The van der Waals surface area contributed by atoms with E-state index in [9.17, 15) is 4.79 Å². The number of ketones is 1. The third kappa shape index (κ3) is 2.08. The maximum absolute atomic E-state index is 12.3. The molecule has 0 aliphatic carbocycles. The first-order valence-electron chi connectivity index (χ1n) is 6.41. The molecule has 2 aromatic carbocycles. The van der Waals surface area contributed by atoms with E-state index >= 15 is 0 Å². The van der Waals surface area contributed by atoms with Crippen LogP contribution in [-0.2, 0) is 13.6 Å². The lowest BCUT2D eigenvalue weighted by Crippen LogP contribution is -2.10. The Morgan fingerprint density at radius 2 is 1.60 bits per heavy atom. The summed E-state index contributed by atoms with van der Waals surface area (Å²) in [6, 6.07) is 17.2. The van der Waals surface area contributed by atoms with E-state index in [1.165, 1.54) is 0 Å². The zero-order chi connectivity index (χ0) is 14.1. The molecule has 0 N–H and O–H groups in total. The Bertz CT molecular complexity index is 831. The van der Waals surface area contributed by atoms with Crippen LogP contribution in [0.2, 0.25) is 0 Å². The third-order valence-electron chi connectivity index (χ3n) is 3.45. The van der Waals surface area contributed by atoms with Crippen LogP contribution in [0.15, 0.2) is 54.6 Å². The summed E-state index contributed by atoms with van der Waals surface area (Å²) in [4.78, 5) is 12.3. The molecule has 0 aliphatic heterocycles. The molecule has 0 saturated heterocycles. The lowest BCUT2D eigenvalue weighted by molar-refractivity contribution is 0.0973. The third-order valence-corrected chi connectivity index (χ3v) is 3.94. The van der Waals surface area contributed by atoms with Gasteiger partial charge in [0.15, 0.2) is 10.6 Å². The first-order chi connectivity index (χ1) is 9.68. The number of aryl methyl sites for hydroxylation is 1. The highest BCUT2D eigenvalue weighted by Gasteiger charge is 2.12. The van der Waals surface area contributed by atoms with Gasteiger partial charge in [-0.05, 0) is 24.4 Å². The summed E-state index contributed by atoms with van der Waals surface area (Å²) in [5, 5.41) is 0. The second-order valence-corrected chi connectivity index (χ2v) is 5.07. The topological polar surface area (TPSA) is 26.9 Å². The van der Waals surface area contributed by atoms with Crippen LogP contribution in [0.4, 0.5) is 0 Å². The molecule has 0 radical (unpaired) electrons. The van der Waals surface area contributed by atoms with E-state index in [1.807, 2.05) is 70.8 Å². The number of hydrogen-bond donors (Lipinski definition) is 0. The molecule has 0 atom stereocenters. The second kappa shape index (κ2) is 5.06. The van der Waals surface area contributed by atoms with Crippen molar-refractivity contribution in [2.45, 2.75) is 6.54 Å². The van der Waals surface area contributed by atoms with Crippen molar-refractivity contribution in [1.82, 2.24) is 9.13 Å². The molecule has 0 amide bonds. The van der Waals surface area contributed by atoms with Gasteiger partial charge in [-0.25, -0.2) is 0 Å². The molecule has 3 nitrogen and oxygen atoms in total. The number of aromatic nitrogens is 2. The number of nitrogens with zero attached hydrogens (tertiary/aromatic N) is 2. The second-order valence-electron chi connectivity index (χ2n) is 4.71. The fourth-order valence-corrected chi connectivity index (χ4v) is 2.64. The lowest BCUT2D eigenvalue weighted by atomic mass is 10.1. The normalized spacial score (nSPS) is 10.8. The van der Waals surface area contributed by atoms with E-state index in [0.717, 1.165) is 11.0 Å². The Labute approximate surface area is 122 Å². The molecule has 0 fully saturated rings. The summed E-state index contributed by atoms with van der Waals surface area (Å²) in [7, 11) is 1.92. The predicted octanol–water partition coefficient (Wildman–Crippen LogP) is 3.59. The van der Waals surface area contributed by atoms with E-state index in [1.54, 1.807) is 0 Å². The monoisotopic (exact) mass is 282 g/mol. The van der Waals surface area contributed by atoms with Crippen molar-refractivity contribution >= 4 is 29.0 Å². The van der Waals surface area contributed by atoms with Crippen molar-refractivity contribution in [3.63, 3.8) is 0 Å². The smallest absolute Gasteiger partial charge is 0.182 e. The summed E-state index contributed by atoms with van der Waals surface area (Å²) >= 11 is 5.44. The van der Waals surface area contributed by atoms with Gasteiger partial charge in [-0.3, -0.25) is 4.79 Å². The summed E-state index contributed by atoms with van der Waals surface area (Å²) in [5.41, 5.74) is 2.74. The van der Waals surface area contributed by atoms with Crippen LogP contribution in [0.25, 0.3) is 11.0 Å². The first-order valence-corrected chi connectivity index (χ1v) is 6.82. The van der Waals surface area contributed by atoms with Gasteiger partial charge in [0.2, 0.25) is 0 Å². The maximum atomic E-state index is 12.3. The van der Waals surface area contributed by atoms with Crippen molar-refractivity contribution in [1.29, 1.82) is 0 Å². The molecule has 20 heavy (non-hydrogen) atoms. The number of carbonyl (C=O) groups excluding carboxylic acids is 1. The number of imidazole rings is 1. The minimum atomic E-state index is 0.0676. The highest BCUT2D eigenvalue weighted by Crippen LogP contribution is 2.17. The number of Topliss-reactive ketones (excluding diaryl/α,β-unsaturated/α-hetero) is 1. The minimum absolute atomic E-state index is 0.0676. The minimum Gasteiger partial charge on any atom is -0.320 e. The molecule has 0 aliphatic rings. The van der Waals surface area contributed by atoms with E-state index in [-0.39, 0.29) is 12.3 Å². The fourth-order valence-electron chi connectivity index (χ4n) is 2.37. The molecule has 0 spiro atoms. The standard InChI is InChI=1S/C16H14N2OS/c1-17-13-9-5-6-10-14(13)18(16(17)20)11-15(19)12-7-3-2-4-8-12/h2-10H,11H2,1H3. The number of para-hydroxylation sites is 2. The predicted molar refractivity (Wildman–Crippen MR) is 82.5 cm³/mol. The van der Waals surface area contributed by atoms with E-state index < -0.39 is 0 Å². The average Bonchev–Trinajstić information content (AvgIpc) is 2.74. The molecule has 3 aromatic rings. The molecule has 0 saturated carbocycles. The molecular weight excluding hydrogens is 268 g/mol. The van der Waals surface area contributed by atoms with Crippen molar-refractivity contribution < 1.29 is 4.79 Å². The number of benzene rings is 2. The summed E-state index contributed by atoms with van der Waals surface area (Å²) in [6.07, 6.45) is 0.